The molecule has 0 spiro atoms. The summed E-state index contributed by atoms with van der Waals surface area (Å²) in [5.74, 6) is -1.41. The van der Waals surface area contributed by atoms with Gasteiger partial charge in [0.15, 0.2) is 5.78 Å². The first-order chi connectivity index (χ1) is 8.95. The van der Waals surface area contributed by atoms with E-state index in [0.29, 0.717) is 14.5 Å². The number of carbonyl (C=O) groups excluding carboxylic acids is 1. The molecule has 0 N–H and O–H groups in total. The van der Waals surface area contributed by atoms with Crippen LogP contribution in [0.1, 0.15) is 15.9 Å². The molecule has 19 heavy (non-hydrogen) atoms. The molecule has 0 saturated heterocycles. The lowest BCUT2D eigenvalue weighted by Gasteiger charge is -2.04. The van der Waals surface area contributed by atoms with Crippen LogP contribution < -0.4 is 0 Å². The second-order valence-electron chi connectivity index (χ2n) is 4.00. The number of hydrogen-bond donors (Lipinski definition) is 0. The van der Waals surface area contributed by atoms with Crippen molar-refractivity contribution >= 4 is 37.6 Å². The Labute approximate surface area is 125 Å². The van der Waals surface area contributed by atoms with Gasteiger partial charge in [-0.15, -0.1) is 0 Å². The summed E-state index contributed by atoms with van der Waals surface area (Å²) in [6.45, 7) is 0. The SMILES string of the molecule is O=C(Cc1cc(F)cc(Br)c1)c1ccc(Br)cc1F. The fourth-order valence-corrected chi connectivity index (χ4v) is 2.56. The Balaban J connectivity index is 2.25. The van der Waals surface area contributed by atoms with Gasteiger partial charge in [-0.3, -0.25) is 4.79 Å². The Bertz CT molecular complexity index is 621. The van der Waals surface area contributed by atoms with Crippen LogP contribution in [0.4, 0.5) is 8.78 Å². The predicted molar refractivity (Wildman–Crippen MR) is 76.2 cm³/mol. The minimum absolute atomic E-state index is 0.00332. The van der Waals surface area contributed by atoms with E-state index in [2.05, 4.69) is 31.9 Å². The van der Waals surface area contributed by atoms with Gasteiger partial charge in [0.05, 0.1) is 5.56 Å². The lowest BCUT2D eigenvalue weighted by molar-refractivity contribution is 0.0989. The molecule has 0 amide bonds. The Morgan fingerprint density at radius 3 is 2.37 bits per heavy atom. The van der Waals surface area contributed by atoms with Crippen LogP contribution in [0, 0.1) is 11.6 Å². The molecule has 0 unspecified atom stereocenters. The van der Waals surface area contributed by atoms with Gasteiger partial charge < -0.3 is 0 Å². The number of Topliss-reactive ketones (excluding diaryl/α,β-unsaturated/α-hetero) is 1. The Kier molecular flexibility index (Phi) is 4.47. The van der Waals surface area contributed by atoms with Crippen LogP contribution in [-0.4, -0.2) is 5.78 Å². The summed E-state index contributed by atoms with van der Waals surface area (Å²) in [4.78, 5) is 12.0. The average Bonchev–Trinajstić information content (AvgIpc) is 2.26. The molecular weight excluding hydrogens is 382 g/mol. The lowest BCUT2D eigenvalue weighted by atomic mass is 10.0. The van der Waals surface area contributed by atoms with Gasteiger partial charge in [0.1, 0.15) is 11.6 Å². The van der Waals surface area contributed by atoms with Gasteiger partial charge in [0.2, 0.25) is 0 Å². The largest absolute Gasteiger partial charge is 0.294 e. The van der Waals surface area contributed by atoms with E-state index < -0.39 is 11.6 Å². The number of ketones is 1. The van der Waals surface area contributed by atoms with Gasteiger partial charge in [-0.25, -0.2) is 8.78 Å². The second-order valence-corrected chi connectivity index (χ2v) is 5.83. The molecule has 0 heterocycles. The van der Waals surface area contributed by atoms with Gasteiger partial charge in [-0.2, -0.15) is 0 Å². The Morgan fingerprint density at radius 1 is 1.00 bits per heavy atom. The van der Waals surface area contributed by atoms with Gasteiger partial charge in [0, 0.05) is 15.4 Å². The summed E-state index contributed by atoms with van der Waals surface area (Å²) in [5.41, 5.74) is 0.503. The van der Waals surface area contributed by atoms with Gasteiger partial charge >= 0.3 is 0 Å². The highest BCUT2D eigenvalue weighted by molar-refractivity contribution is 9.10. The summed E-state index contributed by atoms with van der Waals surface area (Å²) >= 11 is 6.28. The van der Waals surface area contributed by atoms with E-state index in [0.717, 1.165) is 0 Å². The standard InChI is InChI=1S/C14H8Br2F2O/c15-9-1-2-12(13(18)7-9)14(19)5-8-3-10(16)6-11(17)4-8/h1-4,6-7H,5H2. The van der Waals surface area contributed by atoms with E-state index in [-0.39, 0.29) is 17.8 Å². The van der Waals surface area contributed by atoms with E-state index in [1.807, 2.05) is 0 Å². The maximum absolute atomic E-state index is 13.6. The van der Waals surface area contributed by atoms with E-state index >= 15 is 0 Å². The summed E-state index contributed by atoms with van der Waals surface area (Å²) in [5, 5.41) is 0. The molecule has 0 saturated carbocycles. The van der Waals surface area contributed by atoms with Crippen molar-refractivity contribution in [3.63, 3.8) is 0 Å². The van der Waals surface area contributed by atoms with Crippen molar-refractivity contribution in [1.29, 1.82) is 0 Å². The molecule has 0 aliphatic heterocycles. The third kappa shape index (κ3) is 3.70. The zero-order valence-electron chi connectivity index (χ0n) is 9.59. The van der Waals surface area contributed by atoms with E-state index in [9.17, 15) is 13.6 Å². The first kappa shape index (κ1) is 14.3. The molecule has 2 aromatic carbocycles. The third-order valence-corrected chi connectivity index (χ3v) is 3.47. The van der Waals surface area contributed by atoms with Crippen LogP contribution >= 0.6 is 31.9 Å². The van der Waals surface area contributed by atoms with Crippen LogP contribution in [0.15, 0.2) is 45.3 Å². The van der Waals surface area contributed by atoms with Crippen molar-refractivity contribution in [2.45, 2.75) is 6.42 Å². The lowest BCUT2D eigenvalue weighted by Crippen LogP contribution is -2.06. The summed E-state index contributed by atoms with van der Waals surface area (Å²) < 4.78 is 27.9. The highest BCUT2D eigenvalue weighted by Gasteiger charge is 2.13. The number of hydrogen-bond acceptors (Lipinski definition) is 1. The summed E-state index contributed by atoms with van der Waals surface area (Å²) in [6.07, 6.45) is -0.0467. The zero-order chi connectivity index (χ0) is 14.0. The highest BCUT2D eigenvalue weighted by Crippen LogP contribution is 2.19. The fourth-order valence-electron chi connectivity index (χ4n) is 1.71. The second kappa shape index (κ2) is 5.92. The highest BCUT2D eigenvalue weighted by atomic mass is 79.9. The number of halogens is 4. The first-order valence-electron chi connectivity index (χ1n) is 5.39. The molecule has 0 aliphatic rings. The molecule has 0 aromatic heterocycles. The molecule has 5 heteroatoms. The quantitative estimate of drug-likeness (QED) is 0.681. The Hall–Kier alpha value is -1.07. The van der Waals surface area contributed by atoms with Crippen molar-refractivity contribution in [1.82, 2.24) is 0 Å². The monoisotopic (exact) mass is 388 g/mol. The van der Waals surface area contributed by atoms with Crippen LogP contribution in [0.5, 0.6) is 0 Å². The fraction of sp³-hybridized carbons (Fsp3) is 0.0714. The third-order valence-electron chi connectivity index (χ3n) is 2.52. The van der Waals surface area contributed by atoms with Crippen molar-refractivity contribution in [3.8, 4) is 0 Å². The molecule has 0 aliphatic carbocycles. The van der Waals surface area contributed by atoms with Crippen molar-refractivity contribution in [3.05, 3.63) is 68.1 Å². The zero-order valence-corrected chi connectivity index (χ0v) is 12.8. The summed E-state index contributed by atoms with van der Waals surface area (Å²) in [6, 6.07) is 8.44. The molecule has 2 aromatic rings. The Morgan fingerprint density at radius 2 is 1.74 bits per heavy atom. The molecule has 0 radical (unpaired) electrons. The van der Waals surface area contributed by atoms with Crippen molar-refractivity contribution in [2.75, 3.05) is 0 Å². The predicted octanol–water partition coefficient (Wildman–Crippen LogP) is 4.92. The van der Waals surface area contributed by atoms with E-state index in [4.69, 9.17) is 0 Å². The molecule has 0 bridgehead atoms. The minimum Gasteiger partial charge on any atom is -0.294 e. The molecular formula is C14H8Br2F2O. The molecule has 2 rings (SSSR count). The van der Waals surface area contributed by atoms with Crippen LogP contribution in [0.25, 0.3) is 0 Å². The van der Waals surface area contributed by atoms with E-state index in [1.165, 1.54) is 24.3 Å². The molecule has 0 atom stereocenters. The first-order valence-corrected chi connectivity index (χ1v) is 6.97. The van der Waals surface area contributed by atoms with Gasteiger partial charge in [0.25, 0.3) is 0 Å². The molecule has 98 valence electrons. The number of benzene rings is 2. The average molecular weight is 390 g/mol. The summed E-state index contributed by atoms with van der Waals surface area (Å²) in [7, 11) is 0. The minimum atomic E-state index is -0.588. The van der Waals surface area contributed by atoms with Crippen LogP contribution in [0.2, 0.25) is 0 Å². The number of rotatable bonds is 3. The number of carbonyl (C=O) groups is 1. The topological polar surface area (TPSA) is 17.1 Å². The van der Waals surface area contributed by atoms with Gasteiger partial charge in [-0.05, 0) is 42.0 Å². The maximum atomic E-state index is 13.6. The molecule has 0 fully saturated rings. The van der Waals surface area contributed by atoms with E-state index in [1.54, 1.807) is 12.1 Å². The smallest absolute Gasteiger partial charge is 0.170 e. The van der Waals surface area contributed by atoms with Crippen LogP contribution in [-0.2, 0) is 6.42 Å². The molecule has 1 nitrogen and oxygen atoms in total. The maximum Gasteiger partial charge on any atom is 0.170 e. The normalized spacial score (nSPS) is 10.5. The van der Waals surface area contributed by atoms with Gasteiger partial charge in [-0.1, -0.05) is 31.9 Å². The van der Waals surface area contributed by atoms with Crippen molar-refractivity contribution in [2.24, 2.45) is 0 Å². The van der Waals surface area contributed by atoms with Crippen LogP contribution in [0.3, 0.4) is 0 Å². The van der Waals surface area contributed by atoms with Crippen molar-refractivity contribution < 1.29 is 13.6 Å².